The Labute approximate surface area is 197 Å². The Hall–Kier alpha value is -3.45. The minimum absolute atomic E-state index is 0.322. The van der Waals surface area contributed by atoms with Crippen LogP contribution >= 0.6 is 23.2 Å². The maximum atomic E-state index is 9.78. The van der Waals surface area contributed by atoms with Gasteiger partial charge in [-0.15, -0.1) is 0 Å². The molecule has 3 nitrogen and oxygen atoms in total. The fourth-order valence-electron chi connectivity index (χ4n) is 3.40. The van der Waals surface area contributed by atoms with E-state index in [0.29, 0.717) is 33.7 Å². The number of nitrogens with zero attached hydrogens (tertiary/aromatic N) is 1. The van der Waals surface area contributed by atoms with Crippen molar-refractivity contribution in [2.45, 2.75) is 6.61 Å². The summed E-state index contributed by atoms with van der Waals surface area (Å²) in [5.74, 6) is 0.944. The molecule has 0 amide bonds. The van der Waals surface area contributed by atoms with E-state index in [1.807, 2.05) is 72.8 Å². The number of benzene rings is 4. The van der Waals surface area contributed by atoms with Gasteiger partial charge in [0, 0.05) is 5.02 Å². The largest absolute Gasteiger partial charge is 0.493 e. The lowest BCUT2D eigenvalue weighted by Gasteiger charge is -2.14. The van der Waals surface area contributed by atoms with E-state index < -0.39 is 0 Å². The minimum atomic E-state index is 0.322. The predicted molar refractivity (Wildman–Crippen MR) is 131 cm³/mol. The normalized spacial score (nSPS) is 11.2. The zero-order chi connectivity index (χ0) is 22.5. The molecule has 0 aromatic heterocycles. The van der Waals surface area contributed by atoms with Gasteiger partial charge in [0.05, 0.1) is 23.8 Å². The lowest BCUT2D eigenvalue weighted by Crippen LogP contribution is -1.99. The molecule has 32 heavy (non-hydrogen) atoms. The van der Waals surface area contributed by atoms with Crippen molar-refractivity contribution in [3.8, 4) is 17.6 Å². The van der Waals surface area contributed by atoms with Crippen LogP contribution in [0.4, 0.5) is 0 Å². The molecule has 0 fully saturated rings. The molecular formula is C27H19Cl2NO2. The summed E-state index contributed by atoms with van der Waals surface area (Å²) in [6.45, 7) is 0.322. The fourth-order valence-corrected chi connectivity index (χ4v) is 3.80. The molecular weight excluding hydrogens is 441 g/mol. The van der Waals surface area contributed by atoms with Crippen molar-refractivity contribution < 1.29 is 9.47 Å². The van der Waals surface area contributed by atoms with E-state index >= 15 is 0 Å². The zero-order valence-electron chi connectivity index (χ0n) is 17.3. The molecule has 5 heteroatoms. The van der Waals surface area contributed by atoms with Crippen molar-refractivity contribution in [2.24, 2.45) is 0 Å². The number of methoxy groups -OCH3 is 1. The van der Waals surface area contributed by atoms with Crippen LogP contribution in [0.2, 0.25) is 10.0 Å². The first-order chi connectivity index (χ1) is 15.6. The second kappa shape index (κ2) is 9.78. The molecule has 158 valence electrons. The van der Waals surface area contributed by atoms with Gasteiger partial charge in [0.25, 0.3) is 0 Å². The zero-order valence-corrected chi connectivity index (χ0v) is 18.8. The first-order valence-electron chi connectivity index (χ1n) is 9.93. The molecule has 0 unspecified atom stereocenters. The number of allylic oxidation sites excluding steroid dienone is 1. The third-order valence-electron chi connectivity index (χ3n) is 5.04. The van der Waals surface area contributed by atoms with Gasteiger partial charge in [0.1, 0.15) is 6.61 Å². The van der Waals surface area contributed by atoms with Crippen molar-refractivity contribution >= 4 is 45.6 Å². The number of fused-ring (bicyclic) bond motifs is 1. The van der Waals surface area contributed by atoms with Crippen LogP contribution in [0.3, 0.4) is 0 Å². The van der Waals surface area contributed by atoms with E-state index in [1.54, 1.807) is 19.3 Å². The molecule has 0 heterocycles. The van der Waals surface area contributed by atoms with Gasteiger partial charge in [0.2, 0.25) is 0 Å². The Morgan fingerprint density at radius 2 is 1.69 bits per heavy atom. The maximum absolute atomic E-state index is 9.78. The van der Waals surface area contributed by atoms with Crippen LogP contribution in [0.25, 0.3) is 22.4 Å². The highest BCUT2D eigenvalue weighted by Gasteiger charge is 2.13. The molecule has 4 rings (SSSR count). The Morgan fingerprint density at radius 1 is 0.938 bits per heavy atom. The van der Waals surface area contributed by atoms with Gasteiger partial charge in [-0.3, -0.25) is 0 Å². The average molecular weight is 460 g/mol. The summed E-state index contributed by atoms with van der Waals surface area (Å²) in [5.41, 5.74) is 3.07. The lowest BCUT2D eigenvalue weighted by atomic mass is 10.00. The third kappa shape index (κ3) is 4.89. The van der Waals surface area contributed by atoms with E-state index in [2.05, 4.69) is 6.07 Å². The van der Waals surface area contributed by atoms with Crippen LogP contribution in [-0.4, -0.2) is 7.11 Å². The number of hydrogen-bond acceptors (Lipinski definition) is 3. The summed E-state index contributed by atoms with van der Waals surface area (Å²) in [5, 5.41) is 13.0. The molecule has 0 spiro atoms. The molecule has 0 bridgehead atoms. The predicted octanol–water partition coefficient (Wildman–Crippen LogP) is 7.80. The number of halogens is 2. The van der Waals surface area contributed by atoms with Gasteiger partial charge >= 0.3 is 0 Å². The Morgan fingerprint density at radius 3 is 2.41 bits per heavy atom. The van der Waals surface area contributed by atoms with E-state index in [0.717, 1.165) is 27.5 Å². The van der Waals surface area contributed by atoms with E-state index in [-0.39, 0.29) is 0 Å². The van der Waals surface area contributed by atoms with Crippen LogP contribution in [-0.2, 0) is 6.61 Å². The quantitative estimate of drug-likeness (QED) is 0.218. The van der Waals surface area contributed by atoms with Crippen molar-refractivity contribution in [1.82, 2.24) is 0 Å². The van der Waals surface area contributed by atoms with E-state index in [9.17, 15) is 5.26 Å². The second-order valence-electron chi connectivity index (χ2n) is 7.18. The van der Waals surface area contributed by atoms with Crippen LogP contribution in [0.5, 0.6) is 11.5 Å². The van der Waals surface area contributed by atoms with Crippen LogP contribution in [0.15, 0.2) is 78.9 Å². The monoisotopic (exact) mass is 459 g/mol. The smallest absolute Gasteiger partial charge is 0.180 e. The van der Waals surface area contributed by atoms with Gasteiger partial charge in [-0.1, -0.05) is 71.7 Å². The molecule has 0 radical (unpaired) electrons. The minimum Gasteiger partial charge on any atom is -0.493 e. The van der Waals surface area contributed by atoms with E-state index in [1.165, 1.54) is 0 Å². The summed E-state index contributed by atoms with van der Waals surface area (Å²) in [4.78, 5) is 0. The van der Waals surface area contributed by atoms with Crippen LogP contribution < -0.4 is 9.47 Å². The molecule has 0 N–H and O–H groups in total. The molecule has 4 aromatic rings. The molecule has 0 atom stereocenters. The maximum Gasteiger partial charge on any atom is 0.180 e. The molecule has 4 aromatic carbocycles. The number of nitriles is 1. The number of ether oxygens (including phenoxy) is 2. The standard InChI is InChI=1S/C27H19Cl2NO2/c1-31-26-14-19(13-25(29)27(26)32-17-18-6-10-24(28)11-7-18)12-23(16-30)22-9-8-20-4-2-3-5-21(20)15-22/h2-15H,17H2,1H3/b23-12-. The van der Waals surface area contributed by atoms with Crippen LogP contribution in [0, 0.1) is 11.3 Å². The van der Waals surface area contributed by atoms with E-state index in [4.69, 9.17) is 32.7 Å². The topological polar surface area (TPSA) is 42.2 Å². The van der Waals surface area contributed by atoms with Crippen molar-refractivity contribution in [3.05, 3.63) is 106 Å². The highest BCUT2D eigenvalue weighted by molar-refractivity contribution is 6.32. The van der Waals surface area contributed by atoms with Crippen molar-refractivity contribution in [3.63, 3.8) is 0 Å². The summed E-state index contributed by atoms with van der Waals surface area (Å²) in [6, 6.07) is 27.3. The Bertz CT molecular complexity index is 1340. The van der Waals surface area contributed by atoms with Crippen molar-refractivity contribution in [1.29, 1.82) is 5.26 Å². The number of rotatable bonds is 6. The van der Waals surface area contributed by atoms with Gasteiger partial charge in [-0.2, -0.15) is 5.26 Å². The number of hydrogen-bond donors (Lipinski definition) is 0. The fraction of sp³-hybridized carbons (Fsp3) is 0.0741. The molecule has 0 saturated heterocycles. The molecule has 0 aliphatic heterocycles. The van der Waals surface area contributed by atoms with Gasteiger partial charge in [0.15, 0.2) is 11.5 Å². The van der Waals surface area contributed by atoms with Crippen LogP contribution in [0.1, 0.15) is 16.7 Å². The van der Waals surface area contributed by atoms with Gasteiger partial charge < -0.3 is 9.47 Å². The lowest BCUT2D eigenvalue weighted by molar-refractivity contribution is 0.284. The molecule has 0 aliphatic rings. The summed E-state index contributed by atoms with van der Waals surface area (Å²) in [6.07, 6.45) is 1.79. The summed E-state index contributed by atoms with van der Waals surface area (Å²) in [7, 11) is 1.56. The summed E-state index contributed by atoms with van der Waals surface area (Å²) < 4.78 is 11.4. The Kier molecular flexibility index (Phi) is 6.66. The van der Waals surface area contributed by atoms with Gasteiger partial charge in [-0.25, -0.2) is 0 Å². The second-order valence-corrected chi connectivity index (χ2v) is 8.02. The highest BCUT2D eigenvalue weighted by atomic mass is 35.5. The SMILES string of the molecule is COc1cc(/C=C(/C#N)c2ccc3ccccc3c2)cc(Cl)c1OCc1ccc(Cl)cc1. The Balaban J connectivity index is 1.63. The third-order valence-corrected chi connectivity index (χ3v) is 5.57. The van der Waals surface area contributed by atoms with Crippen molar-refractivity contribution in [2.75, 3.05) is 7.11 Å². The first kappa shape index (κ1) is 21.8. The molecule has 0 aliphatic carbocycles. The first-order valence-corrected chi connectivity index (χ1v) is 10.7. The summed E-state index contributed by atoms with van der Waals surface area (Å²) >= 11 is 12.5. The highest BCUT2D eigenvalue weighted by Crippen LogP contribution is 2.38. The van der Waals surface area contributed by atoms with Gasteiger partial charge in [-0.05, 0) is 63.9 Å². The average Bonchev–Trinajstić information content (AvgIpc) is 2.82. The molecule has 0 saturated carbocycles.